The molecule has 0 bridgehead atoms. The molecule has 0 aliphatic rings. The van der Waals surface area contributed by atoms with E-state index in [0.717, 1.165) is 17.0 Å². The molecule has 0 aliphatic carbocycles. The van der Waals surface area contributed by atoms with Crippen LogP contribution >= 0.6 is 11.3 Å². The summed E-state index contributed by atoms with van der Waals surface area (Å²) in [6.07, 6.45) is 0.799. The summed E-state index contributed by atoms with van der Waals surface area (Å²) in [6, 6.07) is 7.19. The lowest BCUT2D eigenvalue weighted by Gasteiger charge is -2.05. The molecule has 17 heavy (non-hydrogen) atoms. The van der Waals surface area contributed by atoms with Crippen LogP contribution in [0.15, 0.2) is 24.3 Å². The number of aromatic nitrogens is 1. The minimum Gasteiger partial charge on any atom is -0.486 e. The minimum absolute atomic E-state index is 0.407. The third-order valence-electron chi connectivity index (χ3n) is 2.47. The lowest BCUT2D eigenvalue weighted by Crippen LogP contribution is -1.97. The zero-order chi connectivity index (χ0) is 12.3. The fraction of sp³-hybridized carbons (Fsp3) is 0.231. The van der Waals surface area contributed by atoms with Gasteiger partial charge in [0.2, 0.25) is 0 Å². The van der Waals surface area contributed by atoms with Crippen LogP contribution in [-0.4, -0.2) is 11.3 Å². The molecule has 1 heterocycles. The molecular formula is C13H13NO2S. The molecule has 3 nitrogen and oxygen atoms in total. The van der Waals surface area contributed by atoms with Crippen molar-refractivity contribution in [2.45, 2.75) is 20.5 Å². The van der Waals surface area contributed by atoms with Gasteiger partial charge in [0, 0.05) is 4.88 Å². The van der Waals surface area contributed by atoms with Gasteiger partial charge in [-0.25, -0.2) is 4.98 Å². The molecule has 2 rings (SSSR count). The third-order valence-corrected chi connectivity index (χ3v) is 3.52. The summed E-state index contributed by atoms with van der Waals surface area (Å²) in [5.74, 6) is 0.605. The number of nitrogens with zero attached hydrogens (tertiary/aromatic N) is 1. The molecule has 4 heteroatoms. The fourth-order valence-electron chi connectivity index (χ4n) is 1.45. The monoisotopic (exact) mass is 247 g/mol. The average molecular weight is 247 g/mol. The van der Waals surface area contributed by atoms with Crippen molar-refractivity contribution in [3.63, 3.8) is 0 Å². The average Bonchev–Trinajstić information content (AvgIpc) is 2.66. The van der Waals surface area contributed by atoms with Gasteiger partial charge in [-0.3, -0.25) is 4.79 Å². The van der Waals surface area contributed by atoms with Crippen molar-refractivity contribution in [1.82, 2.24) is 4.98 Å². The summed E-state index contributed by atoms with van der Waals surface area (Å²) in [5.41, 5.74) is 1.61. The van der Waals surface area contributed by atoms with Crippen molar-refractivity contribution in [2.75, 3.05) is 0 Å². The van der Waals surface area contributed by atoms with Crippen LogP contribution in [0.1, 0.15) is 25.9 Å². The van der Waals surface area contributed by atoms with E-state index in [4.69, 9.17) is 4.74 Å². The molecule has 0 aliphatic heterocycles. The Balaban J connectivity index is 2.09. The Kier molecular flexibility index (Phi) is 3.54. The number of rotatable bonds is 4. The lowest BCUT2D eigenvalue weighted by atomic mass is 10.2. The molecule has 1 aromatic heterocycles. The topological polar surface area (TPSA) is 39.2 Å². The van der Waals surface area contributed by atoms with E-state index in [2.05, 4.69) is 4.98 Å². The second-order valence-electron chi connectivity index (χ2n) is 3.69. The second kappa shape index (κ2) is 5.10. The number of carbonyl (C=O) groups is 1. The maximum Gasteiger partial charge on any atom is 0.153 e. The highest BCUT2D eigenvalue weighted by Gasteiger charge is 2.06. The number of para-hydroxylation sites is 1. The van der Waals surface area contributed by atoms with Crippen LogP contribution < -0.4 is 4.74 Å². The Labute approximate surface area is 104 Å². The summed E-state index contributed by atoms with van der Waals surface area (Å²) in [5, 5.41) is 0.931. The SMILES string of the molecule is Cc1nc(COc2ccccc2C=O)sc1C. The van der Waals surface area contributed by atoms with Crippen molar-refractivity contribution in [3.05, 3.63) is 45.4 Å². The summed E-state index contributed by atoms with van der Waals surface area (Å²) in [6.45, 7) is 4.43. The number of hydrogen-bond acceptors (Lipinski definition) is 4. The number of carbonyl (C=O) groups excluding carboxylic acids is 1. The number of hydrogen-bond donors (Lipinski definition) is 0. The van der Waals surface area contributed by atoms with E-state index in [0.29, 0.717) is 17.9 Å². The molecule has 2 aromatic rings. The summed E-state index contributed by atoms with van der Waals surface area (Å²) >= 11 is 1.62. The van der Waals surface area contributed by atoms with Gasteiger partial charge < -0.3 is 4.74 Å². The number of benzene rings is 1. The van der Waals surface area contributed by atoms with Crippen LogP contribution in [0.5, 0.6) is 5.75 Å². The molecule has 0 saturated carbocycles. The van der Waals surface area contributed by atoms with Gasteiger partial charge in [0.15, 0.2) is 6.29 Å². The quantitative estimate of drug-likeness (QED) is 0.779. The Bertz CT molecular complexity index is 514. The summed E-state index contributed by atoms with van der Waals surface area (Å²) in [7, 11) is 0. The highest BCUT2D eigenvalue weighted by atomic mass is 32.1. The lowest BCUT2D eigenvalue weighted by molar-refractivity contribution is 0.111. The zero-order valence-corrected chi connectivity index (χ0v) is 10.6. The first-order chi connectivity index (χ1) is 8.20. The molecule has 0 radical (unpaired) electrons. The molecule has 0 fully saturated rings. The van der Waals surface area contributed by atoms with Gasteiger partial charge in [0.05, 0.1) is 11.3 Å². The van der Waals surface area contributed by atoms with Gasteiger partial charge in [-0.2, -0.15) is 0 Å². The van der Waals surface area contributed by atoms with E-state index >= 15 is 0 Å². The van der Waals surface area contributed by atoms with E-state index in [1.54, 1.807) is 23.5 Å². The molecule has 0 unspecified atom stereocenters. The Hall–Kier alpha value is -1.68. The van der Waals surface area contributed by atoms with Gasteiger partial charge in [-0.1, -0.05) is 12.1 Å². The third kappa shape index (κ3) is 2.71. The first-order valence-corrected chi connectivity index (χ1v) is 6.12. The molecule has 0 spiro atoms. The van der Waals surface area contributed by atoms with Crippen molar-refractivity contribution < 1.29 is 9.53 Å². The minimum atomic E-state index is 0.407. The van der Waals surface area contributed by atoms with E-state index in [1.165, 1.54) is 4.88 Å². The van der Waals surface area contributed by atoms with Crippen molar-refractivity contribution in [1.29, 1.82) is 0 Å². The smallest absolute Gasteiger partial charge is 0.153 e. The van der Waals surface area contributed by atoms with E-state index in [1.807, 2.05) is 26.0 Å². The number of aryl methyl sites for hydroxylation is 2. The molecule has 0 atom stereocenters. The molecular weight excluding hydrogens is 234 g/mol. The second-order valence-corrected chi connectivity index (χ2v) is 4.98. The van der Waals surface area contributed by atoms with Crippen LogP contribution in [0.4, 0.5) is 0 Å². The summed E-state index contributed by atoms with van der Waals surface area (Å²) < 4.78 is 5.60. The van der Waals surface area contributed by atoms with Crippen molar-refractivity contribution in [2.24, 2.45) is 0 Å². The Morgan fingerprint density at radius 2 is 2.12 bits per heavy atom. The van der Waals surface area contributed by atoms with E-state index in [-0.39, 0.29) is 0 Å². The first kappa shape index (κ1) is 11.8. The van der Waals surface area contributed by atoms with Crippen molar-refractivity contribution >= 4 is 17.6 Å². The van der Waals surface area contributed by atoms with Crippen LogP contribution in [0, 0.1) is 13.8 Å². The maximum atomic E-state index is 10.8. The van der Waals surface area contributed by atoms with E-state index in [9.17, 15) is 4.79 Å². The molecule has 0 saturated heterocycles. The zero-order valence-electron chi connectivity index (χ0n) is 9.77. The van der Waals surface area contributed by atoms with Gasteiger partial charge in [0.1, 0.15) is 17.4 Å². The molecule has 88 valence electrons. The van der Waals surface area contributed by atoms with Gasteiger partial charge in [-0.05, 0) is 26.0 Å². The van der Waals surface area contributed by atoms with Crippen molar-refractivity contribution in [3.8, 4) is 5.75 Å². The van der Waals surface area contributed by atoms with Crippen LogP contribution in [-0.2, 0) is 6.61 Å². The van der Waals surface area contributed by atoms with Gasteiger partial charge in [-0.15, -0.1) is 11.3 Å². The maximum absolute atomic E-state index is 10.8. The normalized spacial score (nSPS) is 10.2. The van der Waals surface area contributed by atoms with Gasteiger partial charge >= 0.3 is 0 Å². The van der Waals surface area contributed by atoms with E-state index < -0.39 is 0 Å². The standard InChI is InChI=1S/C13H13NO2S/c1-9-10(2)17-13(14-9)8-16-12-6-4-3-5-11(12)7-15/h3-7H,8H2,1-2H3. The molecule has 0 amide bonds. The predicted molar refractivity (Wildman–Crippen MR) is 67.7 cm³/mol. The number of ether oxygens (including phenoxy) is 1. The van der Waals surface area contributed by atoms with Crippen LogP contribution in [0.3, 0.4) is 0 Å². The fourth-order valence-corrected chi connectivity index (χ4v) is 2.30. The Morgan fingerprint density at radius 3 is 2.76 bits per heavy atom. The largest absolute Gasteiger partial charge is 0.486 e. The Morgan fingerprint density at radius 1 is 1.35 bits per heavy atom. The highest BCUT2D eigenvalue weighted by molar-refractivity contribution is 7.11. The number of thiazole rings is 1. The van der Waals surface area contributed by atoms with Crippen LogP contribution in [0.25, 0.3) is 0 Å². The predicted octanol–water partition coefficient (Wildman–Crippen LogP) is 3.15. The number of aldehydes is 1. The molecule has 0 N–H and O–H groups in total. The first-order valence-electron chi connectivity index (χ1n) is 5.30. The summed E-state index contributed by atoms with van der Waals surface area (Å²) in [4.78, 5) is 16.4. The molecule has 1 aromatic carbocycles. The van der Waals surface area contributed by atoms with Crippen LogP contribution in [0.2, 0.25) is 0 Å². The highest BCUT2D eigenvalue weighted by Crippen LogP contribution is 2.20. The van der Waals surface area contributed by atoms with Gasteiger partial charge in [0.25, 0.3) is 0 Å².